The monoisotopic (exact) mass is 389 g/mol. The summed E-state index contributed by atoms with van der Waals surface area (Å²) in [4.78, 5) is 12.6. The number of aliphatic hydroxyl groups is 1. The standard InChI is InChI=1S/C19H17Cl2N3O2/c1-12-7-8-14(9-15(12)20)24-19(26)18(21)16(10-22-24)23-17(11-25)13-5-3-2-4-6-13/h2-10,17,23,25H,11H2,1H3. The van der Waals surface area contributed by atoms with Crippen LogP contribution in [0.15, 0.2) is 59.5 Å². The molecule has 0 bridgehead atoms. The van der Waals surface area contributed by atoms with Crippen molar-refractivity contribution < 1.29 is 5.11 Å². The average Bonchev–Trinajstić information content (AvgIpc) is 2.66. The fourth-order valence-electron chi connectivity index (χ4n) is 2.54. The molecule has 1 atom stereocenters. The molecule has 2 aromatic carbocycles. The number of rotatable bonds is 5. The van der Waals surface area contributed by atoms with Gasteiger partial charge in [0.1, 0.15) is 5.02 Å². The summed E-state index contributed by atoms with van der Waals surface area (Å²) in [5, 5.41) is 17.4. The van der Waals surface area contributed by atoms with Crippen molar-refractivity contribution >= 4 is 28.9 Å². The molecule has 0 aliphatic heterocycles. The van der Waals surface area contributed by atoms with Gasteiger partial charge in [-0.1, -0.05) is 59.6 Å². The Morgan fingerprint density at radius 3 is 2.58 bits per heavy atom. The van der Waals surface area contributed by atoms with Crippen molar-refractivity contribution in [2.75, 3.05) is 11.9 Å². The molecule has 0 aliphatic carbocycles. The lowest BCUT2D eigenvalue weighted by molar-refractivity contribution is 0.276. The van der Waals surface area contributed by atoms with Crippen LogP contribution < -0.4 is 10.9 Å². The summed E-state index contributed by atoms with van der Waals surface area (Å²) in [6.45, 7) is 1.72. The van der Waals surface area contributed by atoms with Crippen LogP contribution in [0.25, 0.3) is 5.69 Å². The molecule has 0 saturated heterocycles. The van der Waals surface area contributed by atoms with Crippen molar-refractivity contribution in [3.63, 3.8) is 0 Å². The number of benzene rings is 2. The van der Waals surface area contributed by atoms with Crippen LogP contribution in [0.5, 0.6) is 0 Å². The Bertz CT molecular complexity index is 974. The first-order valence-electron chi connectivity index (χ1n) is 7.98. The smallest absolute Gasteiger partial charge is 0.292 e. The third kappa shape index (κ3) is 3.75. The minimum absolute atomic E-state index is 0.00826. The molecule has 7 heteroatoms. The lowest BCUT2D eigenvalue weighted by Crippen LogP contribution is -2.24. The second-order valence-corrected chi connectivity index (χ2v) is 6.60. The number of aromatic nitrogens is 2. The number of nitrogens with one attached hydrogen (secondary N) is 1. The van der Waals surface area contributed by atoms with Crippen molar-refractivity contribution in [2.45, 2.75) is 13.0 Å². The number of hydrogen-bond acceptors (Lipinski definition) is 4. The van der Waals surface area contributed by atoms with Crippen LogP contribution in [0.3, 0.4) is 0 Å². The van der Waals surface area contributed by atoms with Crippen molar-refractivity contribution in [3.8, 4) is 5.69 Å². The first-order valence-corrected chi connectivity index (χ1v) is 8.73. The zero-order valence-corrected chi connectivity index (χ0v) is 15.5. The first kappa shape index (κ1) is 18.5. The van der Waals surface area contributed by atoms with Gasteiger partial charge >= 0.3 is 0 Å². The van der Waals surface area contributed by atoms with E-state index in [4.69, 9.17) is 23.2 Å². The van der Waals surface area contributed by atoms with Gasteiger partial charge in [-0.15, -0.1) is 0 Å². The molecule has 2 N–H and O–H groups in total. The molecular formula is C19H17Cl2N3O2. The van der Waals surface area contributed by atoms with Gasteiger partial charge in [0.2, 0.25) is 0 Å². The van der Waals surface area contributed by atoms with Crippen molar-refractivity contribution in [1.29, 1.82) is 0 Å². The van der Waals surface area contributed by atoms with Crippen molar-refractivity contribution in [2.24, 2.45) is 0 Å². The quantitative estimate of drug-likeness (QED) is 0.691. The number of nitrogens with zero attached hydrogens (tertiary/aromatic N) is 2. The lowest BCUT2D eigenvalue weighted by Gasteiger charge is -2.19. The molecule has 0 fully saturated rings. The molecular weight excluding hydrogens is 373 g/mol. The van der Waals surface area contributed by atoms with E-state index < -0.39 is 11.6 Å². The van der Waals surface area contributed by atoms with E-state index in [1.165, 1.54) is 10.9 Å². The van der Waals surface area contributed by atoms with E-state index in [0.717, 1.165) is 11.1 Å². The summed E-state index contributed by atoms with van der Waals surface area (Å²) >= 11 is 12.4. The minimum atomic E-state index is -0.471. The molecule has 1 heterocycles. The zero-order chi connectivity index (χ0) is 18.7. The van der Waals surface area contributed by atoms with Gasteiger partial charge < -0.3 is 10.4 Å². The molecule has 5 nitrogen and oxygen atoms in total. The summed E-state index contributed by atoms with van der Waals surface area (Å²) < 4.78 is 1.19. The Morgan fingerprint density at radius 1 is 1.19 bits per heavy atom. The molecule has 0 amide bonds. The van der Waals surface area contributed by atoms with Crippen LogP contribution in [0.1, 0.15) is 17.2 Å². The summed E-state index contributed by atoms with van der Waals surface area (Å²) in [5.74, 6) is 0. The molecule has 134 valence electrons. The van der Waals surface area contributed by atoms with Crippen molar-refractivity contribution in [3.05, 3.63) is 86.3 Å². The topological polar surface area (TPSA) is 67.2 Å². The third-order valence-electron chi connectivity index (χ3n) is 4.03. The fourth-order valence-corrected chi connectivity index (χ4v) is 2.90. The summed E-state index contributed by atoms with van der Waals surface area (Å²) in [6, 6.07) is 14.2. The largest absolute Gasteiger partial charge is 0.394 e. The minimum Gasteiger partial charge on any atom is -0.394 e. The highest BCUT2D eigenvalue weighted by Gasteiger charge is 2.16. The molecule has 3 aromatic rings. The van der Waals surface area contributed by atoms with Crippen LogP contribution in [-0.2, 0) is 0 Å². The molecule has 0 saturated carbocycles. The van der Waals surface area contributed by atoms with Crippen molar-refractivity contribution in [1.82, 2.24) is 9.78 Å². The van der Waals surface area contributed by atoms with Gasteiger partial charge in [0.05, 0.1) is 30.2 Å². The molecule has 0 radical (unpaired) electrons. The maximum Gasteiger partial charge on any atom is 0.292 e. The van der Waals surface area contributed by atoms with Gasteiger partial charge in [0.25, 0.3) is 5.56 Å². The average molecular weight is 390 g/mol. The molecule has 26 heavy (non-hydrogen) atoms. The number of aliphatic hydroxyl groups excluding tert-OH is 1. The number of hydrogen-bond donors (Lipinski definition) is 2. The maximum absolute atomic E-state index is 12.6. The summed E-state index contributed by atoms with van der Waals surface area (Å²) in [7, 11) is 0. The van der Waals surface area contributed by atoms with E-state index in [1.807, 2.05) is 43.3 Å². The van der Waals surface area contributed by atoms with Crippen LogP contribution in [0, 0.1) is 6.92 Å². The van der Waals surface area contributed by atoms with E-state index in [2.05, 4.69) is 10.4 Å². The molecule has 0 spiro atoms. The Kier molecular flexibility index (Phi) is 5.61. The number of halogens is 2. The second-order valence-electron chi connectivity index (χ2n) is 5.81. The Labute approximate surface area is 160 Å². The Morgan fingerprint density at radius 2 is 1.92 bits per heavy atom. The maximum atomic E-state index is 12.6. The van der Waals surface area contributed by atoms with Crippen LogP contribution >= 0.6 is 23.2 Å². The van der Waals surface area contributed by atoms with Crippen LogP contribution in [0.2, 0.25) is 10.0 Å². The van der Waals surface area contributed by atoms with Gasteiger partial charge in [-0.2, -0.15) is 9.78 Å². The van der Waals surface area contributed by atoms with Gasteiger partial charge in [0, 0.05) is 5.02 Å². The highest BCUT2D eigenvalue weighted by molar-refractivity contribution is 6.33. The van der Waals surface area contributed by atoms with Crippen LogP contribution in [-0.4, -0.2) is 21.5 Å². The van der Waals surface area contributed by atoms with Gasteiger partial charge in [0.15, 0.2) is 0 Å². The van der Waals surface area contributed by atoms with Gasteiger partial charge in [-0.25, -0.2) is 0 Å². The predicted octanol–water partition coefficient (Wildman–Crippen LogP) is 3.99. The molecule has 1 aromatic heterocycles. The zero-order valence-electron chi connectivity index (χ0n) is 14.0. The molecule has 1 unspecified atom stereocenters. The SMILES string of the molecule is Cc1ccc(-n2ncc(NC(CO)c3ccccc3)c(Cl)c2=O)cc1Cl. The van der Waals surface area contributed by atoms with Gasteiger partial charge in [-0.3, -0.25) is 4.79 Å². The van der Waals surface area contributed by atoms with E-state index >= 15 is 0 Å². The van der Waals surface area contributed by atoms with Gasteiger partial charge in [-0.05, 0) is 30.2 Å². The highest BCUT2D eigenvalue weighted by Crippen LogP contribution is 2.24. The van der Waals surface area contributed by atoms with E-state index in [1.54, 1.807) is 12.1 Å². The third-order valence-corrected chi connectivity index (χ3v) is 4.81. The summed E-state index contributed by atoms with van der Waals surface area (Å²) in [5.41, 5.74) is 2.19. The van der Waals surface area contributed by atoms with E-state index in [-0.39, 0.29) is 11.6 Å². The van der Waals surface area contributed by atoms with E-state index in [9.17, 15) is 9.90 Å². The predicted molar refractivity (Wildman–Crippen MR) is 104 cm³/mol. The molecule has 3 rings (SSSR count). The van der Waals surface area contributed by atoms with Crippen LogP contribution in [0.4, 0.5) is 5.69 Å². The van der Waals surface area contributed by atoms with E-state index in [0.29, 0.717) is 16.4 Å². The Hall–Kier alpha value is -2.34. The normalized spacial score (nSPS) is 12.0. The first-order chi connectivity index (χ1) is 12.5. The number of anilines is 1. The summed E-state index contributed by atoms with van der Waals surface area (Å²) in [6.07, 6.45) is 1.46. The fraction of sp³-hybridized carbons (Fsp3) is 0.158. The second kappa shape index (κ2) is 7.91. The number of aryl methyl sites for hydroxylation is 1. The highest BCUT2D eigenvalue weighted by atomic mass is 35.5. The Balaban J connectivity index is 1.94. The molecule has 0 aliphatic rings. The lowest BCUT2D eigenvalue weighted by atomic mass is 10.1.